The van der Waals surface area contributed by atoms with Crippen LogP contribution in [0.3, 0.4) is 0 Å². The molecule has 2 aliphatic rings. The topological polar surface area (TPSA) is 73.6 Å². The molecule has 2 aromatic carbocycles. The van der Waals surface area contributed by atoms with Gasteiger partial charge >= 0.3 is 0 Å². The van der Waals surface area contributed by atoms with Gasteiger partial charge in [0.15, 0.2) is 11.5 Å². The molecule has 142 valence electrons. The third kappa shape index (κ3) is 2.94. The number of ether oxygens (including phenoxy) is 2. The molecule has 2 aromatic rings. The van der Waals surface area contributed by atoms with E-state index in [2.05, 4.69) is 17.4 Å². The van der Waals surface area contributed by atoms with Crippen LogP contribution in [0, 0.1) is 10.1 Å². The van der Waals surface area contributed by atoms with E-state index in [0.717, 1.165) is 30.7 Å². The maximum absolute atomic E-state index is 11.0. The van der Waals surface area contributed by atoms with E-state index in [4.69, 9.17) is 9.47 Å². The molecule has 1 saturated carbocycles. The highest BCUT2D eigenvalue weighted by molar-refractivity contribution is 5.55. The molecule has 1 aliphatic heterocycles. The molecule has 0 bridgehead atoms. The number of methoxy groups -OCH3 is 2. The number of non-ortho nitro benzene ring substituents is 1. The highest BCUT2D eigenvalue weighted by atomic mass is 16.6. The van der Waals surface area contributed by atoms with Gasteiger partial charge in [-0.2, -0.15) is 0 Å². The zero-order valence-electron chi connectivity index (χ0n) is 15.7. The first kappa shape index (κ1) is 17.8. The van der Waals surface area contributed by atoms with Crippen molar-refractivity contribution in [2.45, 2.75) is 37.1 Å². The lowest BCUT2D eigenvalue weighted by Gasteiger charge is -2.41. The summed E-state index contributed by atoms with van der Waals surface area (Å²) in [5, 5.41) is 14.7. The van der Waals surface area contributed by atoms with Crippen LogP contribution >= 0.6 is 0 Å². The lowest BCUT2D eigenvalue weighted by atomic mass is 9.71. The Kier molecular flexibility index (Phi) is 4.52. The summed E-state index contributed by atoms with van der Waals surface area (Å²) >= 11 is 0. The van der Waals surface area contributed by atoms with Crippen LogP contribution in [-0.4, -0.2) is 25.7 Å². The Balaban J connectivity index is 1.83. The molecule has 1 N–H and O–H groups in total. The van der Waals surface area contributed by atoms with Gasteiger partial charge in [0.05, 0.1) is 25.2 Å². The molecule has 0 saturated heterocycles. The largest absolute Gasteiger partial charge is 0.493 e. The Labute approximate surface area is 158 Å². The van der Waals surface area contributed by atoms with Gasteiger partial charge in [-0.3, -0.25) is 10.1 Å². The second-order valence-corrected chi connectivity index (χ2v) is 7.44. The Hall–Kier alpha value is -2.60. The molecule has 1 heterocycles. The number of nitro groups is 1. The Bertz CT molecular complexity index is 857. The molecule has 27 heavy (non-hydrogen) atoms. The Morgan fingerprint density at radius 1 is 1.07 bits per heavy atom. The molecule has 1 aliphatic carbocycles. The summed E-state index contributed by atoms with van der Waals surface area (Å²) in [4.78, 5) is 10.6. The average Bonchev–Trinajstić information content (AvgIpc) is 3.17. The predicted octanol–water partition coefficient (Wildman–Crippen LogP) is 4.12. The number of nitro benzene ring substituents is 1. The first-order valence-electron chi connectivity index (χ1n) is 9.32. The molecule has 1 atom stereocenters. The summed E-state index contributed by atoms with van der Waals surface area (Å²) in [5.74, 6) is 1.46. The average molecular weight is 368 g/mol. The quantitative estimate of drug-likeness (QED) is 0.649. The predicted molar refractivity (Wildman–Crippen MR) is 103 cm³/mol. The fourth-order valence-electron chi connectivity index (χ4n) is 4.68. The highest BCUT2D eigenvalue weighted by Crippen LogP contribution is 2.50. The van der Waals surface area contributed by atoms with E-state index >= 15 is 0 Å². The van der Waals surface area contributed by atoms with Crippen LogP contribution < -0.4 is 14.8 Å². The van der Waals surface area contributed by atoms with Crippen molar-refractivity contribution in [3.05, 3.63) is 63.2 Å². The van der Waals surface area contributed by atoms with Crippen molar-refractivity contribution in [2.75, 3.05) is 20.8 Å². The first-order valence-corrected chi connectivity index (χ1v) is 9.32. The van der Waals surface area contributed by atoms with E-state index in [1.807, 2.05) is 12.1 Å². The van der Waals surface area contributed by atoms with Crippen LogP contribution in [0.15, 0.2) is 36.4 Å². The van der Waals surface area contributed by atoms with E-state index in [-0.39, 0.29) is 22.1 Å². The summed E-state index contributed by atoms with van der Waals surface area (Å²) < 4.78 is 11.1. The molecule has 1 spiro atoms. The van der Waals surface area contributed by atoms with Crippen LogP contribution in [-0.2, 0) is 5.41 Å². The number of hydrogen-bond acceptors (Lipinski definition) is 5. The van der Waals surface area contributed by atoms with Crippen molar-refractivity contribution in [1.29, 1.82) is 0 Å². The number of nitrogens with one attached hydrogen (secondary N) is 1. The molecule has 6 nitrogen and oxygen atoms in total. The molecule has 0 unspecified atom stereocenters. The van der Waals surface area contributed by atoms with Crippen molar-refractivity contribution in [1.82, 2.24) is 5.32 Å². The van der Waals surface area contributed by atoms with Crippen molar-refractivity contribution in [3.8, 4) is 11.5 Å². The van der Waals surface area contributed by atoms with Crippen LogP contribution in [0.5, 0.6) is 11.5 Å². The molecule has 0 radical (unpaired) electrons. The standard InChI is InChI=1S/C21H24N2O4/c1-26-18-11-16-17(12-19(18)27-2)21(9-3-4-10-21)13-22-20(16)14-5-7-15(8-6-14)23(24)25/h5-8,11-12,20,22H,3-4,9-10,13H2,1-2H3/t20-/m1/s1. The van der Waals surface area contributed by atoms with Crippen LogP contribution in [0.1, 0.15) is 48.4 Å². The van der Waals surface area contributed by atoms with E-state index in [1.54, 1.807) is 26.4 Å². The summed E-state index contributed by atoms with van der Waals surface area (Å²) in [7, 11) is 3.31. The zero-order chi connectivity index (χ0) is 19.0. The van der Waals surface area contributed by atoms with Gasteiger partial charge in [-0.15, -0.1) is 0 Å². The number of hydrogen-bond donors (Lipinski definition) is 1. The van der Waals surface area contributed by atoms with E-state index in [9.17, 15) is 10.1 Å². The minimum absolute atomic E-state index is 0.0214. The van der Waals surface area contributed by atoms with Gasteiger partial charge in [0, 0.05) is 24.1 Å². The summed E-state index contributed by atoms with van der Waals surface area (Å²) in [6, 6.07) is 11.0. The van der Waals surface area contributed by atoms with Crippen molar-refractivity contribution < 1.29 is 14.4 Å². The van der Waals surface area contributed by atoms with Crippen molar-refractivity contribution in [3.63, 3.8) is 0 Å². The number of benzene rings is 2. The lowest BCUT2D eigenvalue weighted by Crippen LogP contribution is -2.44. The lowest BCUT2D eigenvalue weighted by molar-refractivity contribution is -0.384. The van der Waals surface area contributed by atoms with Crippen molar-refractivity contribution in [2.24, 2.45) is 0 Å². The maximum atomic E-state index is 11.0. The molecule has 1 fully saturated rings. The molecule has 4 rings (SSSR count). The molecule has 0 amide bonds. The van der Waals surface area contributed by atoms with E-state index in [0.29, 0.717) is 5.75 Å². The van der Waals surface area contributed by atoms with Gasteiger partial charge in [-0.1, -0.05) is 25.0 Å². The molecular weight excluding hydrogens is 344 g/mol. The monoisotopic (exact) mass is 368 g/mol. The smallest absolute Gasteiger partial charge is 0.269 e. The van der Waals surface area contributed by atoms with Gasteiger partial charge in [-0.25, -0.2) is 0 Å². The van der Waals surface area contributed by atoms with Gasteiger partial charge < -0.3 is 14.8 Å². The Morgan fingerprint density at radius 2 is 1.70 bits per heavy atom. The molecule has 0 aromatic heterocycles. The van der Waals surface area contributed by atoms with Gasteiger partial charge in [0.1, 0.15) is 0 Å². The van der Waals surface area contributed by atoms with E-state index in [1.165, 1.54) is 24.0 Å². The van der Waals surface area contributed by atoms with Crippen molar-refractivity contribution >= 4 is 5.69 Å². The van der Waals surface area contributed by atoms with Gasteiger partial charge in [-0.05, 0) is 41.7 Å². The Morgan fingerprint density at radius 3 is 2.30 bits per heavy atom. The first-order chi connectivity index (χ1) is 13.1. The van der Waals surface area contributed by atoms with E-state index < -0.39 is 0 Å². The minimum Gasteiger partial charge on any atom is -0.493 e. The maximum Gasteiger partial charge on any atom is 0.269 e. The zero-order valence-corrected chi connectivity index (χ0v) is 15.7. The van der Waals surface area contributed by atoms with Crippen LogP contribution in [0.2, 0.25) is 0 Å². The van der Waals surface area contributed by atoms with Crippen LogP contribution in [0.25, 0.3) is 0 Å². The normalized spacial score (nSPS) is 20.3. The minimum atomic E-state index is -0.368. The number of nitrogens with zero attached hydrogens (tertiary/aromatic N) is 1. The second kappa shape index (κ2) is 6.85. The molecular formula is C21H24N2O4. The summed E-state index contributed by atoms with van der Waals surface area (Å²) in [5.41, 5.74) is 3.75. The molecule has 6 heteroatoms. The second-order valence-electron chi connectivity index (χ2n) is 7.44. The number of fused-ring (bicyclic) bond motifs is 2. The van der Waals surface area contributed by atoms with Gasteiger partial charge in [0.2, 0.25) is 0 Å². The van der Waals surface area contributed by atoms with Gasteiger partial charge in [0.25, 0.3) is 5.69 Å². The third-order valence-electron chi connectivity index (χ3n) is 6.08. The third-order valence-corrected chi connectivity index (χ3v) is 6.08. The number of rotatable bonds is 4. The summed E-state index contributed by atoms with van der Waals surface area (Å²) in [6.07, 6.45) is 4.79. The van der Waals surface area contributed by atoms with Crippen LogP contribution in [0.4, 0.5) is 5.69 Å². The summed E-state index contributed by atoms with van der Waals surface area (Å²) in [6.45, 7) is 0.900. The fraction of sp³-hybridized carbons (Fsp3) is 0.429. The SMILES string of the molecule is COc1cc2c(cc1OC)C1(CCCC1)CN[C@@H]2c1ccc([N+](=O)[O-])cc1. The fourth-order valence-corrected chi connectivity index (χ4v) is 4.68. The highest BCUT2D eigenvalue weighted by Gasteiger charge is 2.42.